The summed E-state index contributed by atoms with van der Waals surface area (Å²) in [5, 5.41) is 11.6. The molecule has 100 valence electrons. The van der Waals surface area contributed by atoms with Crippen molar-refractivity contribution in [3.8, 4) is 0 Å². The Labute approximate surface area is 131 Å². The molecular formula is C15H13BrCl2O. The lowest BCUT2D eigenvalue weighted by Gasteiger charge is -2.17. The standard InChI is InChI=1S/C15H13BrCl2O/c1-8-6-13(16)9(2)5-11(8)15(19)12-7-10(17)3-4-14(12)18/h3-7,15,19H,1-2H3. The number of aryl methyl sites for hydroxylation is 2. The van der Waals surface area contributed by atoms with Crippen LogP contribution in [0.5, 0.6) is 0 Å². The van der Waals surface area contributed by atoms with E-state index < -0.39 is 6.10 Å². The van der Waals surface area contributed by atoms with Crippen LogP contribution in [0.25, 0.3) is 0 Å². The van der Waals surface area contributed by atoms with E-state index in [0.717, 1.165) is 21.2 Å². The van der Waals surface area contributed by atoms with Crippen LogP contribution in [0.1, 0.15) is 28.4 Å². The highest BCUT2D eigenvalue weighted by atomic mass is 79.9. The van der Waals surface area contributed by atoms with Gasteiger partial charge in [-0.25, -0.2) is 0 Å². The second-order valence-corrected chi connectivity index (χ2v) is 6.22. The summed E-state index contributed by atoms with van der Waals surface area (Å²) in [5.41, 5.74) is 3.53. The van der Waals surface area contributed by atoms with Crippen LogP contribution in [-0.2, 0) is 0 Å². The van der Waals surface area contributed by atoms with E-state index in [-0.39, 0.29) is 0 Å². The van der Waals surface area contributed by atoms with E-state index in [2.05, 4.69) is 15.9 Å². The molecule has 19 heavy (non-hydrogen) atoms. The molecule has 0 amide bonds. The van der Waals surface area contributed by atoms with Gasteiger partial charge in [0.05, 0.1) is 0 Å². The highest BCUT2D eigenvalue weighted by Gasteiger charge is 2.17. The molecule has 4 heteroatoms. The van der Waals surface area contributed by atoms with Gasteiger partial charge in [0.1, 0.15) is 6.10 Å². The zero-order valence-corrected chi connectivity index (χ0v) is 13.6. The number of halogens is 3. The molecule has 0 aromatic heterocycles. The van der Waals surface area contributed by atoms with Crippen LogP contribution in [0, 0.1) is 13.8 Å². The number of hydrogen-bond acceptors (Lipinski definition) is 1. The van der Waals surface area contributed by atoms with Gasteiger partial charge >= 0.3 is 0 Å². The molecule has 0 aliphatic rings. The Morgan fingerprint density at radius 3 is 2.37 bits per heavy atom. The lowest BCUT2D eigenvalue weighted by Crippen LogP contribution is -2.03. The van der Waals surface area contributed by atoms with Crippen molar-refractivity contribution >= 4 is 39.1 Å². The maximum absolute atomic E-state index is 10.5. The number of benzene rings is 2. The first-order valence-corrected chi connectivity index (χ1v) is 7.34. The fraction of sp³-hybridized carbons (Fsp3) is 0.200. The van der Waals surface area contributed by atoms with E-state index in [1.54, 1.807) is 18.2 Å². The first-order chi connectivity index (χ1) is 8.90. The molecule has 1 N–H and O–H groups in total. The van der Waals surface area contributed by atoms with Crippen LogP contribution in [0.2, 0.25) is 10.0 Å². The quantitative estimate of drug-likeness (QED) is 0.755. The van der Waals surface area contributed by atoms with E-state index in [4.69, 9.17) is 23.2 Å². The van der Waals surface area contributed by atoms with Crippen molar-refractivity contribution in [2.24, 2.45) is 0 Å². The van der Waals surface area contributed by atoms with Crippen LogP contribution in [0.4, 0.5) is 0 Å². The summed E-state index contributed by atoms with van der Waals surface area (Å²) in [6.07, 6.45) is -0.780. The predicted molar refractivity (Wildman–Crippen MR) is 84.1 cm³/mol. The molecule has 0 aliphatic heterocycles. The fourth-order valence-electron chi connectivity index (χ4n) is 1.99. The van der Waals surface area contributed by atoms with Crippen molar-refractivity contribution in [1.29, 1.82) is 0 Å². The molecule has 1 atom stereocenters. The number of aliphatic hydroxyl groups excluding tert-OH is 1. The van der Waals surface area contributed by atoms with Gasteiger partial charge in [-0.2, -0.15) is 0 Å². The van der Waals surface area contributed by atoms with Crippen molar-refractivity contribution in [2.75, 3.05) is 0 Å². The topological polar surface area (TPSA) is 20.2 Å². The average molecular weight is 360 g/mol. The first kappa shape index (κ1) is 14.9. The lowest BCUT2D eigenvalue weighted by atomic mass is 9.96. The molecule has 0 spiro atoms. The van der Waals surface area contributed by atoms with Gasteiger partial charge in [-0.15, -0.1) is 0 Å². The zero-order chi connectivity index (χ0) is 14.2. The zero-order valence-electron chi connectivity index (χ0n) is 10.5. The molecule has 0 aliphatic carbocycles. The number of aliphatic hydroxyl groups is 1. The summed E-state index contributed by atoms with van der Waals surface area (Å²) < 4.78 is 1.03. The van der Waals surface area contributed by atoms with Gasteiger partial charge in [-0.05, 0) is 54.8 Å². The number of hydrogen-bond donors (Lipinski definition) is 1. The van der Waals surface area contributed by atoms with E-state index >= 15 is 0 Å². The summed E-state index contributed by atoms with van der Waals surface area (Å²) in [7, 11) is 0. The van der Waals surface area contributed by atoms with Crippen molar-refractivity contribution < 1.29 is 5.11 Å². The third-order valence-electron chi connectivity index (χ3n) is 3.09. The molecule has 0 heterocycles. The van der Waals surface area contributed by atoms with Crippen molar-refractivity contribution in [3.05, 3.63) is 67.1 Å². The highest BCUT2D eigenvalue weighted by Crippen LogP contribution is 2.33. The molecule has 2 aromatic rings. The minimum absolute atomic E-state index is 0.511. The highest BCUT2D eigenvalue weighted by molar-refractivity contribution is 9.10. The van der Waals surface area contributed by atoms with Gasteiger partial charge in [0.25, 0.3) is 0 Å². The van der Waals surface area contributed by atoms with Crippen LogP contribution < -0.4 is 0 Å². The Hall–Kier alpha value is -0.540. The van der Waals surface area contributed by atoms with E-state index in [1.165, 1.54) is 0 Å². The maximum atomic E-state index is 10.5. The third kappa shape index (κ3) is 3.14. The largest absolute Gasteiger partial charge is 0.384 e. The molecule has 2 aromatic carbocycles. The Bertz CT molecular complexity index is 626. The monoisotopic (exact) mass is 358 g/mol. The summed E-state index contributed by atoms with van der Waals surface area (Å²) in [6.45, 7) is 3.94. The summed E-state index contributed by atoms with van der Waals surface area (Å²) in [4.78, 5) is 0. The average Bonchev–Trinajstić information content (AvgIpc) is 2.36. The predicted octanol–water partition coefficient (Wildman–Crippen LogP) is 5.45. The Kier molecular flexibility index (Phi) is 4.57. The Balaban J connectivity index is 2.52. The van der Waals surface area contributed by atoms with Gasteiger partial charge in [-0.3, -0.25) is 0 Å². The molecule has 1 nitrogen and oxygen atoms in total. The number of rotatable bonds is 2. The van der Waals surface area contributed by atoms with Gasteiger partial charge in [-0.1, -0.05) is 45.2 Å². The summed E-state index contributed by atoms with van der Waals surface area (Å²) in [5.74, 6) is 0. The van der Waals surface area contributed by atoms with Gasteiger partial charge in [0.2, 0.25) is 0 Å². The molecular weight excluding hydrogens is 347 g/mol. The normalized spacial score (nSPS) is 12.5. The molecule has 0 saturated heterocycles. The second kappa shape index (κ2) is 5.84. The minimum atomic E-state index is -0.780. The van der Waals surface area contributed by atoms with Gasteiger partial charge in [0.15, 0.2) is 0 Å². The van der Waals surface area contributed by atoms with Crippen molar-refractivity contribution in [3.63, 3.8) is 0 Å². The SMILES string of the molecule is Cc1cc(C(O)c2cc(Cl)ccc2Cl)c(C)cc1Br. The Morgan fingerprint density at radius 1 is 1.00 bits per heavy atom. The molecule has 0 saturated carbocycles. The Morgan fingerprint density at radius 2 is 1.68 bits per heavy atom. The van der Waals surface area contributed by atoms with Gasteiger partial charge < -0.3 is 5.11 Å². The molecule has 0 radical (unpaired) electrons. The first-order valence-electron chi connectivity index (χ1n) is 5.80. The van der Waals surface area contributed by atoms with E-state index in [0.29, 0.717) is 15.6 Å². The third-order valence-corrected chi connectivity index (χ3v) is 4.53. The van der Waals surface area contributed by atoms with E-state index in [9.17, 15) is 5.11 Å². The summed E-state index contributed by atoms with van der Waals surface area (Å²) >= 11 is 15.6. The molecule has 0 bridgehead atoms. The smallest absolute Gasteiger partial charge is 0.106 e. The van der Waals surface area contributed by atoms with Gasteiger partial charge in [0, 0.05) is 20.1 Å². The van der Waals surface area contributed by atoms with Crippen LogP contribution in [0.15, 0.2) is 34.8 Å². The van der Waals surface area contributed by atoms with Crippen LogP contribution in [0.3, 0.4) is 0 Å². The van der Waals surface area contributed by atoms with Crippen LogP contribution in [-0.4, -0.2) is 5.11 Å². The minimum Gasteiger partial charge on any atom is -0.384 e. The van der Waals surface area contributed by atoms with Crippen molar-refractivity contribution in [1.82, 2.24) is 0 Å². The molecule has 0 fully saturated rings. The van der Waals surface area contributed by atoms with Crippen molar-refractivity contribution in [2.45, 2.75) is 20.0 Å². The molecule has 2 rings (SSSR count). The lowest BCUT2D eigenvalue weighted by molar-refractivity contribution is 0.219. The summed E-state index contributed by atoms with van der Waals surface area (Å²) in [6, 6.07) is 9.06. The molecule has 1 unspecified atom stereocenters. The van der Waals surface area contributed by atoms with Crippen LogP contribution >= 0.6 is 39.1 Å². The fourth-order valence-corrected chi connectivity index (χ4v) is 2.85. The maximum Gasteiger partial charge on any atom is 0.106 e. The second-order valence-electron chi connectivity index (χ2n) is 4.53. The van der Waals surface area contributed by atoms with E-state index in [1.807, 2.05) is 26.0 Å².